The second-order valence-electron chi connectivity index (χ2n) is 2.93. The number of carbonyl (C=O) groups excluding carboxylic acids is 1. The highest BCUT2D eigenvalue weighted by molar-refractivity contribution is 5.44. The second kappa shape index (κ2) is 9.18. The summed E-state index contributed by atoms with van der Waals surface area (Å²) in [6.45, 7) is 7.80. The van der Waals surface area contributed by atoms with Gasteiger partial charge in [0.15, 0.2) is 0 Å². The molecule has 4 heteroatoms. The number of hydrogen-bond donors (Lipinski definition) is 3. The molecule has 0 unspecified atom stereocenters. The van der Waals surface area contributed by atoms with Crippen molar-refractivity contribution < 1.29 is 4.79 Å². The van der Waals surface area contributed by atoms with E-state index in [1.54, 1.807) is 0 Å². The molecule has 0 heterocycles. The summed E-state index contributed by atoms with van der Waals surface area (Å²) in [6.07, 6.45) is 0. The third-order valence-corrected chi connectivity index (χ3v) is 1.73. The molecule has 0 saturated carbocycles. The minimum absolute atomic E-state index is 0.733. The Morgan fingerprint density at radius 1 is 1.13 bits per heavy atom. The predicted molar refractivity (Wildman–Crippen MR) is 63.6 cm³/mol. The first-order chi connectivity index (χ1) is 7.33. The minimum Gasteiger partial charge on any atom is -0.371 e. The number of nitrogens with one attached hydrogen (secondary N) is 3. The minimum atomic E-state index is 0.733. The van der Waals surface area contributed by atoms with E-state index in [9.17, 15) is 0 Å². The van der Waals surface area contributed by atoms with E-state index in [4.69, 9.17) is 4.79 Å². The Balaban J connectivity index is 0.000000921. The van der Waals surface area contributed by atoms with Crippen LogP contribution in [0.15, 0.2) is 24.3 Å². The van der Waals surface area contributed by atoms with Crippen molar-refractivity contribution in [2.24, 2.45) is 0 Å². The van der Waals surface area contributed by atoms with Gasteiger partial charge in [-0.15, -0.1) is 0 Å². The monoisotopic (exact) mass is 209 g/mol. The van der Waals surface area contributed by atoms with E-state index in [0.717, 1.165) is 18.9 Å². The lowest BCUT2D eigenvalue weighted by Gasteiger charge is -2.07. The van der Waals surface area contributed by atoms with Crippen LogP contribution in [-0.2, 0) is 4.79 Å². The van der Waals surface area contributed by atoms with Crippen LogP contribution in [0.3, 0.4) is 0 Å². The Bertz CT molecular complexity index is 249. The smallest absolute Gasteiger partial charge is 0.106 e. The Morgan fingerprint density at radius 3 is 2.27 bits per heavy atom. The molecule has 0 atom stereocenters. The van der Waals surface area contributed by atoms with E-state index < -0.39 is 0 Å². The third kappa shape index (κ3) is 6.65. The Hall–Kier alpha value is -1.39. The van der Waals surface area contributed by atoms with Crippen molar-refractivity contribution in [1.82, 2.24) is 10.9 Å². The highest BCUT2D eigenvalue weighted by Crippen LogP contribution is 2.06. The maximum Gasteiger partial charge on any atom is 0.106 e. The van der Waals surface area contributed by atoms with Gasteiger partial charge >= 0.3 is 0 Å². The van der Waals surface area contributed by atoms with Crippen LogP contribution in [-0.4, -0.2) is 20.0 Å². The Kier molecular flexibility index (Phi) is 8.33. The number of benzene rings is 1. The van der Waals surface area contributed by atoms with Crippen molar-refractivity contribution in [2.45, 2.75) is 13.8 Å². The summed E-state index contributed by atoms with van der Waals surface area (Å²) in [5.74, 6) is 0. The van der Waals surface area contributed by atoms with Crippen molar-refractivity contribution in [3.63, 3.8) is 0 Å². The van der Waals surface area contributed by atoms with Crippen molar-refractivity contribution >= 4 is 12.5 Å². The van der Waals surface area contributed by atoms with Gasteiger partial charge in [0.05, 0.1) is 6.67 Å². The molecule has 0 aliphatic carbocycles. The van der Waals surface area contributed by atoms with Gasteiger partial charge < -0.3 is 10.1 Å². The van der Waals surface area contributed by atoms with Gasteiger partial charge in [-0.25, -0.2) is 5.43 Å². The molecule has 0 amide bonds. The van der Waals surface area contributed by atoms with Gasteiger partial charge in [-0.3, -0.25) is 5.43 Å². The normalized spacial score (nSPS) is 8.93. The fourth-order valence-corrected chi connectivity index (χ4v) is 1.01. The predicted octanol–water partition coefficient (Wildman–Crippen LogP) is 1.29. The van der Waals surface area contributed by atoms with Gasteiger partial charge in [0.1, 0.15) is 6.79 Å². The van der Waals surface area contributed by atoms with E-state index in [0.29, 0.717) is 0 Å². The summed E-state index contributed by atoms with van der Waals surface area (Å²) in [5.41, 5.74) is 8.47. The topological polar surface area (TPSA) is 53.2 Å². The average molecular weight is 209 g/mol. The summed E-state index contributed by atoms with van der Waals surface area (Å²) in [5, 5.41) is 3.23. The molecule has 4 nitrogen and oxygen atoms in total. The fraction of sp³-hybridized carbons (Fsp3) is 0.364. The zero-order chi connectivity index (χ0) is 11.5. The summed E-state index contributed by atoms with van der Waals surface area (Å²) in [7, 11) is 0. The van der Waals surface area contributed by atoms with Gasteiger partial charge in [0.2, 0.25) is 0 Å². The largest absolute Gasteiger partial charge is 0.371 e. The molecule has 0 aliphatic rings. The number of carbonyl (C=O) groups is 1. The van der Waals surface area contributed by atoms with E-state index in [1.165, 1.54) is 5.56 Å². The van der Waals surface area contributed by atoms with E-state index in [2.05, 4.69) is 54.3 Å². The molecule has 1 aromatic carbocycles. The summed E-state index contributed by atoms with van der Waals surface area (Å²) in [6, 6.07) is 8.33. The first kappa shape index (κ1) is 13.6. The standard InChI is InChI=1S/C10H17N3.CH2O/c1-3-12-13-8-11-10-6-4-9(2)5-7-10;1-2/h4-7,11-13H,3,8H2,1-2H3;1H2. The lowest BCUT2D eigenvalue weighted by Crippen LogP contribution is -2.35. The molecular weight excluding hydrogens is 190 g/mol. The van der Waals surface area contributed by atoms with Crippen LogP contribution in [0, 0.1) is 6.92 Å². The molecule has 1 aromatic rings. The molecule has 0 aliphatic heterocycles. The fourth-order valence-electron chi connectivity index (χ4n) is 1.01. The lowest BCUT2D eigenvalue weighted by molar-refractivity contribution is -0.0979. The van der Waals surface area contributed by atoms with Crippen LogP contribution in [0.2, 0.25) is 0 Å². The first-order valence-electron chi connectivity index (χ1n) is 4.88. The molecule has 0 fully saturated rings. The molecule has 0 bridgehead atoms. The quantitative estimate of drug-likeness (QED) is 0.388. The van der Waals surface area contributed by atoms with E-state index in [-0.39, 0.29) is 0 Å². The molecule has 0 spiro atoms. The summed E-state index contributed by atoms with van der Waals surface area (Å²) < 4.78 is 0. The van der Waals surface area contributed by atoms with Crippen LogP contribution in [0.25, 0.3) is 0 Å². The number of hydrazine groups is 1. The molecule has 1 rings (SSSR count). The van der Waals surface area contributed by atoms with Crippen LogP contribution in [0.1, 0.15) is 12.5 Å². The number of aryl methyl sites for hydroxylation is 1. The molecule has 0 radical (unpaired) electrons. The van der Waals surface area contributed by atoms with Gasteiger partial charge in [-0.1, -0.05) is 24.6 Å². The van der Waals surface area contributed by atoms with Crippen LogP contribution in [0.5, 0.6) is 0 Å². The number of rotatable bonds is 5. The molecule has 0 aromatic heterocycles. The van der Waals surface area contributed by atoms with Crippen LogP contribution in [0.4, 0.5) is 5.69 Å². The van der Waals surface area contributed by atoms with Crippen molar-refractivity contribution in [2.75, 3.05) is 18.5 Å². The number of anilines is 1. The molecule has 3 N–H and O–H groups in total. The van der Waals surface area contributed by atoms with E-state index >= 15 is 0 Å². The van der Waals surface area contributed by atoms with Gasteiger partial charge in [-0.05, 0) is 19.1 Å². The molecular formula is C11H19N3O. The molecule has 15 heavy (non-hydrogen) atoms. The molecule has 0 saturated heterocycles. The second-order valence-corrected chi connectivity index (χ2v) is 2.93. The van der Waals surface area contributed by atoms with E-state index in [1.807, 2.05) is 6.79 Å². The third-order valence-electron chi connectivity index (χ3n) is 1.73. The van der Waals surface area contributed by atoms with Crippen molar-refractivity contribution in [3.8, 4) is 0 Å². The summed E-state index contributed by atoms with van der Waals surface area (Å²) in [4.78, 5) is 8.00. The first-order valence-corrected chi connectivity index (χ1v) is 4.88. The maximum atomic E-state index is 8.00. The highest BCUT2D eigenvalue weighted by Gasteiger charge is 1.88. The van der Waals surface area contributed by atoms with Crippen LogP contribution < -0.4 is 16.2 Å². The maximum absolute atomic E-state index is 8.00. The average Bonchev–Trinajstić information content (AvgIpc) is 2.30. The highest BCUT2D eigenvalue weighted by atomic mass is 16.1. The van der Waals surface area contributed by atoms with Gasteiger partial charge in [0.25, 0.3) is 0 Å². The Labute approximate surface area is 91.0 Å². The summed E-state index contributed by atoms with van der Waals surface area (Å²) >= 11 is 0. The lowest BCUT2D eigenvalue weighted by atomic mass is 10.2. The SMILES string of the molecule is C=O.CCNNCNc1ccc(C)cc1. The Morgan fingerprint density at radius 2 is 1.73 bits per heavy atom. The van der Waals surface area contributed by atoms with Gasteiger partial charge in [-0.2, -0.15) is 0 Å². The zero-order valence-corrected chi connectivity index (χ0v) is 9.34. The number of hydrogen-bond acceptors (Lipinski definition) is 4. The van der Waals surface area contributed by atoms with Crippen molar-refractivity contribution in [3.05, 3.63) is 29.8 Å². The molecule has 84 valence electrons. The van der Waals surface area contributed by atoms with Crippen molar-refractivity contribution in [1.29, 1.82) is 0 Å². The van der Waals surface area contributed by atoms with Gasteiger partial charge in [0, 0.05) is 12.2 Å². The zero-order valence-electron chi connectivity index (χ0n) is 9.34. The van der Waals surface area contributed by atoms with Crippen LogP contribution >= 0.6 is 0 Å².